The summed E-state index contributed by atoms with van der Waals surface area (Å²) in [6.45, 7) is 0. The van der Waals surface area contributed by atoms with Crippen LogP contribution < -0.4 is 10.1 Å². The van der Waals surface area contributed by atoms with Gasteiger partial charge in [-0.25, -0.2) is 0 Å². The van der Waals surface area contributed by atoms with E-state index in [0.29, 0.717) is 22.7 Å². The lowest BCUT2D eigenvalue weighted by molar-refractivity contribution is 0.102. The Balaban J connectivity index is 1.40. The van der Waals surface area contributed by atoms with Gasteiger partial charge in [0.25, 0.3) is 5.91 Å². The van der Waals surface area contributed by atoms with Crippen molar-refractivity contribution < 1.29 is 9.53 Å². The molecule has 0 spiro atoms. The lowest BCUT2D eigenvalue weighted by atomic mass is 10.0. The van der Waals surface area contributed by atoms with E-state index in [-0.39, 0.29) is 5.91 Å². The van der Waals surface area contributed by atoms with Crippen molar-refractivity contribution in [3.05, 3.63) is 109 Å². The third kappa shape index (κ3) is 4.24. The minimum Gasteiger partial charge on any atom is -0.456 e. The first-order valence-electron chi connectivity index (χ1n) is 8.93. The molecule has 3 aromatic carbocycles. The van der Waals surface area contributed by atoms with Crippen molar-refractivity contribution >= 4 is 11.6 Å². The van der Waals surface area contributed by atoms with Crippen LogP contribution in [0, 0.1) is 0 Å². The number of nitrogens with zero attached hydrogens (tertiary/aromatic N) is 1. The van der Waals surface area contributed by atoms with Gasteiger partial charge in [-0.2, -0.15) is 0 Å². The van der Waals surface area contributed by atoms with Gasteiger partial charge in [-0.1, -0.05) is 42.5 Å². The first-order valence-corrected chi connectivity index (χ1v) is 8.93. The fourth-order valence-electron chi connectivity index (χ4n) is 2.80. The van der Waals surface area contributed by atoms with Crippen LogP contribution in [-0.4, -0.2) is 10.9 Å². The molecule has 4 rings (SSSR count). The third-order valence-electron chi connectivity index (χ3n) is 4.24. The van der Waals surface area contributed by atoms with Gasteiger partial charge in [0, 0.05) is 17.4 Å². The van der Waals surface area contributed by atoms with Gasteiger partial charge >= 0.3 is 0 Å². The Labute approximate surface area is 163 Å². The van der Waals surface area contributed by atoms with Crippen LogP contribution in [0.2, 0.25) is 0 Å². The summed E-state index contributed by atoms with van der Waals surface area (Å²) < 4.78 is 5.70. The number of anilines is 1. The second-order valence-electron chi connectivity index (χ2n) is 6.21. The highest BCUT2D eigenvalue weighted by atomic mass is 16.5. The van der Waals surface area contributed by atoms with Crippen molar-refractivity contribution in [2.75, 3.05) is 5.32 Å². The molecular weight excluding hydrogens is 348 g/mol. The molecule has 4 nitrogen and oxygen atoms in total. The molecule has 0 radical (unpaired) electrons. The average molecular weight is 366 g/mol. The standard InChI is InChI=1S/C24H18N2O2/c27-24(20-10-8-19(9-11-20)18-5-2-1-3-6-18)26-21-12-14-22(15-13-21)28-23-7-4-16-25-17-23/h1-17H,(H,26,27). The van der Waals surface area contributed by atoms with Crippen LogP contribution in [-0.2, 0) is 0 Å². The van der Waals surface area contributed by atoms with Gasteiger partial charge in [-0.15, -0.1) is 0 Å². The minimum atomic E-state index is -0.152. The summed E-state index contributed by atoms with van der Waals surface area (Å²) in [5.74, 6) is 1.19. The molecule has 0 fully saturated rings. The van der Waals surface area contributed by atoms with Gasteiger partial charge in [0.05, 0.1) is 6.20 Å². The number of hydrogen-bond donors (Lipinski definition) is 1. The van der Waals surface area contributed by atoms with E-state index in [1.54, 1.807) is 24.5 Å². The predicted octanol–water partition coefficient (Wildman–Crippen LogP) is 5.79. The number of benzene rings is 3. The number of hydrogen-bond acceptors (Lipinski definition) is 3. The van der Waals surface area contributed by atoms with Gasteiger partial charge in [0.1, 0.15) is 11.5 Å². The normalized spacial score (nSPS) is 10.3. The first kappa shape index (κ1) is 17.5. The van der Waals surface area contributed by atoms with Crippen molar-refractivity contribution in [3.8, 4) is 22.6 Å². The van der Waals surface area contributed by atoms with E-state index in [9.17, 15) is 4.79 Å². The SMILES string of the molecule is O=C(Nc1ccc(Oc2cccnc2)cc1)c1ccc(-c2ccccc2)cc1. The molecule has 0 atom stereocenters. The lowest BCUT2D eigenvalue weighted by Crippen LogP contribution is -2.11. The van der Waals surface area contributed by atoms with E-state index >= 15 is 0 Å². The molecule has 4 aromatic rings. The van der Waals surface area contributed by atoms with Gasteiger partial charge in [-0.05, 0) is 59.7 Å². The molecule has 1 aromatic heterocycles. The van der Waals surface area contributed by atoms with Crippen LogP contribution >= 0.6 is 0 Å². The number of aromatic nitrogens is 1. The van der Waals surface area contributed by atoms with Crippen molar-refractivity contribution in [1.82, 2.24) is 4.98 Å². The summed E-state index contributed by atoms with van der Waals surface area (Å²) in [6, 6.07) is 28.5. The zero-order valence-corrected chi connectivity index (χ0v) is 15.1. The first-order chi connectivity index (χ1) is 13.8. The molecule has 0 aliphatic heterocycles. The van der Waals surface area contributed by atoms with Crippen LogP contribution in [0.3, 0.4) is 0 Å². The molecule has 0 saturated carbocycles. The van der Waals surface area contributed by atoms with Gasteiger partial charge in [0.2, 0.25) is 0 Å². The van der Waals surface area contributed by atoms with Crippen molar-refractivity contribution in [3.63, 3.8) is 0 Å². The molecule has 0 aliphatic carbocycles. The Kier molecular flexibility index (Phi) is 5.11. The smallest absolute Gasteiger partial charge is 0.255 e. The quantitative estimate of drug-likeness (QED) is 0.486. The zero-order valence-electron chi connectivity index (χ0n) is 15.1. The molecule has 0 unspecified atom stereocenters. The number of ether oxygens (including phenoxy) is 1. The molecule has 1 heterocycles. The Morgan fingerprint density at radius 2 is 1.43 bits per heavy atom. The molecule has 0 bridgehead atoms. The van der Waals surface area contributed by atoms with Crippen LogP contribution in [0.5, 0.6) is 11.5 Å². The zero-order chi connectivity index (χ0) is 19.2. The van der Waals surface area contributed by atoms with Crippen LogP contribution in [0.4, 0.5) is 5.69 Å². The Morgan fingerprint density at radius 1 is 0.714 bits per heavy atom. The van der Waals surface area contributed by atoms with E-state index in [1.165, 1.54) is 0 Å². The fraction of sp³-hybridized carbons (Fsp3) is 0. The Morgan fingerprint density at radius 3 is 2.11 bits per heavy atom. The van der Waals surface area contributed by atoms with E-state index in [2.05, 4.69) is 10.3 Å². The molecule has 1 amide bonds. The van der Waals surface area contributed by atoms with Crippen molar-refractivity contribution in [2.45, 2.75) is 0 Å². The fourth-order valence-corrected chi connectivity index (χ4v) is 2.80. The number of nitrogens with one attached hydrogen (secondary N) is 1. The van der Waals surface area contributed by atoms with Gasteiger partial charge < -0.3 is 10.1 Å². The predicted molar refractivity (Wildman–Crippen MR) is 111 cm³/mol. The van der Waals surface area contributed by atoms with Crippen LogP contribution in [0.25, 0.3) is 11.1 Å². The maximum absolute atomic E-state index is 12.5. The number of rotatable bonds is 5. The lowest BCUT2D eigenvalue weighted by Gasteiger charge is -2.08. The molecule has 136 valence electrons. The monoisotopic (exact) mass is 366 g/mol. The second kappa shape index (κ2) is 8.18. The summed E-state index contributed by atoms with van der Waals surface area (Å²) in [5, 5.41) is 2.90. The summed E-state index contributed by atoms with van der Waals surface area (Å²) in [5.41, 5.74) is 3.51. The molecule has 4 heteroatoms. The van der Waals surface area contributed by atoms with E-state index in [0.717, 1.165) is 11.1 Å². The second-order valence-corrected chi connectivity index (χ2v) is 6.21. The molecular formula is C24H18N2O2. The minimum absolute atomic E-state index is 0.152. The summed E-state index contributed by atoms with van der Waals surface area (Å²) >= 11 is 0. The molecule has 28 heavy (non-hydrogen) atoms. The maximum Gasteiger partial charge on any atom is 0.255 e. The Bertz CT molecular complexity index is 1050. The summed E-state index contributed by atoms with van der Waals surface area (Å²) in [4.78, 5) is 16.5. The highest BCUT2D eigenvalue weighted by molar-refractivity contribution is 6.04. The number of amides is 1. The summed E-state index contributed by atoms with van der Waals surface area (Å²) in [7, 11) is 0. The van der Waals surface area contributed by atoms with E-state index in [1.807, 2.05) is 78.9 Å². The van der Waals surface area contributed by atoms with Crippen molar-refractivity contribution in [2.24, 2.45) is 0 Å². The Hall–Kier alpha value is -3.92. The van der Waals surface area contributed by atoms with Gasteiger partial charge in [0.15, 0.2) is 0 Å². The molecule has 0 aliphatic rings. The van der Waals surface area contributed by atoms with E-state index < -0.39 is 0 Å². The molecule has 1 N–H and O–H groups in total. The van der Waals surface area contributed by atoms with Crippen LogP contribution in [0.1, 0.15) is 10.4 Å². The largest absolute Gasteiger partial charge is 0.456 e. The topological polar surface area (TPSA) is 51.2 Å². The van der Waals surface area contributed by atoms with Crippen LogP contribution in [0.15, 0.2) is 103 Å². The summed E-state index contributed by atoms with van der Waals surface area (Å²) in [6.07, 6.45) is 3.34. The third-order valence-corrected chi connectivity index (χ3v) is 4.24. The van der Waals surface area contributed by atoms with Crippen molar-refractivity contribution in [1.29, 1.82) is 0 Å². The average Bonchev–Trinajstić information content (AvgIpc) is 2.76. The number of carbonyl (C=O) groups excluding carboxylic acids is 1. The number of pyridine rings is 1. The number of carbonyl (C=O) groups is 1. The highest BCUT2D eigenvalue weighted by Crippen LogP contribution is 2.23. The van der Waals surface area contributed by atoms with Gasteiger partial charge in [-0.3, -0.25) is 9.78 Å². The van der Waals surface area contributed by atoms with E-state index in [4.69, 9.17) is 4.74 Å². The highest BCUT2D eigenvalue weighted by Gasteiger charge is 2.07. The molecule has 0 saturated heterocycles. The maximum atomic E-state index is 12.5.